The first-order chi connectivity index (χ1) is 8.19. The Labute approximate surface area is 115 Å². The Morgan fingerprint density at radius 3 is 2.53 bits per heavy atom. The van der Waals surface area contributed by atoms with Crippen LogP contribution in [0.15, 0.2) is 42.5 Å². The molecule has 2 aromatic rings. The van der Waals surface area contributed by atoms with Crippen LogP contribution in [-0.2, 0) is 6.54 Å². The van der Waals surface area contributed by atoms with E-state index in [9.17, 15) is 0 Å². The zero-order valence-corrected chi connectivity index (χ0v) is 11.8. The van der Waals surface area contributed by atoms with Gasteiger partial charge in [-0.1, -0.05) is 12.1 Å². The molecule has 0 radical (unpaired) electrons. The van der Waals surface area contributed by atoms with Gasteiger partial charge in [0.15, 0.2) is 0 Å². The van der Waals surface area contributed by atoms with Gasteiger partial charge in [-0.15, -0.1) is 0 Å². The summed E-state index contributed by atoms with van der Waals surface area (Å²) in [5.74, 6) is 1.71. The second-order valence-electron chi connectivity index (χ2n) is 3.85. The van der Waals surface area contributed by atoms with Crippen LogP contribution in [-0.4, -0.2) is 0 Å². The van der Waals surface area contributed by atoms with Crippen molar-refractivity contribution in [3.63, 3.8) is 0 Å². The van der Waals surface area contributed by atoms with E-state index in [1.54, 1.807) is 0 Å². The Hall–Kier alpha value is -1.07. The van der Waals surface area contributed by atoms with Crippen LogP contribution in [0.2, 0.25) is 0 Å². The van der Waals surface area contributed by atoms with E-state index in [1.165, 1.54) is 0 Å². The molecule has 0 spiro atoms. The first-order valence-electron chi connectivity index (χ1n) is 5.42. The number of nitrogens with two attached hydrogens (primary N) is 1. The van der Waals surface area contributed by atoms with E-state index < -0.39 is 0 Å². The third kappa shape index (κ3) is 3.20. The Kier molecular flexibility index (Phi) is 4.02. The van der Waals surface area contributed by atoms with Crippen LogP contribution in [0.4, 0.5) is 0 Å². The molecule has 0 saturated carbocycles. The minimum Gasteiger partial charge on any atom is -0.457 e. The number of aryl methyl sites for hydroxylation is 1. The SMILES string of the molecule is Cc1cc(Oc2cccc(I)c2)ccc1CN. The van der Waals surface area contributed by atoms with Crippen LogP contribution in [0.5, 0.6) is 11.5 Å². The average Bonchev–Trinajstić information content (AvgIpc) is 2.29. The van der Waals surface area contributed by atoms with Crippen molar-refractivity contribution in [1.29, 1.82) is 0 Å². The van der Waals surface area contributed by atoms with E-state index in [0.29, 0.717) is 6.54 Å². The molecule has 0 atom stereocenters. The third-order valence-electron chi connectivity index (χ3n) is 2.57. The fraction of sp³-hybridized carbons (Fsp3) is 0.143. The number of rotatable bonds is 3. The summed E-state index contributed by atoms with van der Waals surface area (Å²) in [5.41, 5.74) is 7.95. The van der Waals surface area contributed by atoms with Crippen molar-refractivity contribution >= 4 is 22.6 Å². The van der Waals surface area contributed by atoms with Gasteiger partial charge < -0.3 is 10.5 Å². The molecule has 88 valence electrons. The summed E-state index contributed by atoms with van der Waals surface area (Å²) in [4.78, 5) is 0. The summed E-state index contributed by atoms with van der Waals surface area (Å²) in [5, 5.41) is 0. The van der Waals surface area contributed by atoms with Gasteiger partial charge in [0, 0.05) is 10.1 Å². The highest BCUT2D eigenvalue weighted by Gasteiger charge is 2.01. The fourth-order valence-corrected chi connectivity index (χ4v) is 2.14. The van der Waals surface area contributed by atoms with Gasteiger partial charge in [-0.3, -0.25) is 0 Å². The maximum Gasteiger partial charge on any atom is 0.128 e. The number of halogens is 1. The Bertz CT molecular complexity index is 525. The molecule has 0 fully saturated rings. The molecule has 0 saturated heterocycles. The molecule has 2 rings (SSSR count). The van der Waals surface area contributed by atoms with Gasteiger partial charge in [0.1, 0.15) is 11.5 Å². The maximum absolute atomic E-state index is 5.79. The van der Waals surface area contributed by atoms with Crippen molar-refractivity contribution in [2.24, 2.45) is 5.73 Å². The minimum atomic E-state index is 0.565. The molecule has 2 N–H and O–H groups in total. The van der Waals surface area contributed by atoms with Crippen molar-refractivity contribution in [2.75, 3.05) is 0 Å². The Morgan fingerprint density at radius 2 is 1.88 bits per heavy atom. The normalized spacial score (nSPS) is 10.3. The number of hydrogen-bond acceptors (Lipinski definition) is 2. The van der Waals surface area contributed by atoms with Gasteiger partial charge in [0.2, 0.25) is 0 Å². The third-order valence-corrected chi connectivity index (χ3v) is 3.24. The molecule has 0 aliphatic rings. The summed E-state index contributed by atoms with van der Waals surface area (Å²) in [6.07, 6.45) is 0. The zero-order chi connectivity index (χ0) is 12.3. The predicted octanol–water partition coefficient (Wildman–Crippen LogP) is 3.85. The van der Waals surface area contributed by atoms with Gasteiger partial charge in [0.25, 0.3) is 0 Å². The Balaban J connectivity index is 2.22. The molecule has 2 aromatic carbocycles. The van der Waals surface area contributed by atoms with E-state index in [0.717, 1.165) is 26.2 Å². The van der Waals surface area contributed by atoms with E-state index in [-0.39, 0.29) is 0 Å². The standard InChI is InChI=1S/C14H14INO/c1-10-7-14(6-5-11(10)9-16)17-13-4-2-3-12(15)8-13/h2-8H,9,16H2,1H3. The highest BCUT2D eigenvalue weighted by molar-refractivity contribution is 14.1. The molecular formula is C14H14INO. The molecular weight excluding hydrogens is 325 g/mol. The molecule has 0 heterocycles. The molecule has 0 amide bonds. The first-order valence-corrected chi connectivity index (χ1v) is 6.50. The van der Waals surface area contributed by atoms with E-state index in [4.69, 9.17) is 10.5 Å². The molecule has 0 aromatic heterocycles. The summed E-state index contributed by atoms with van der Waals surface area (Å²) in [6.45, 7) is 2.61. The molecule has 2 nitrogen and oxygen atoms in total. The average molecular weight is 339 g/mol. The second-order valence-corrected chi connectivity index (χ2v) is 5.10. The first kappa shape index (κ1) is 12.4. The zero-order valence-electron chi connectivity index (χ0n) is 9.61. The predicted molar refractivity (Wildman–Crippen MR) is 78.3 cm³/mol. The van der Waals surface area contributed by atoms with Gasteiger partial charge in [-0.25, -0.2) is 0 Å². The lowest BCUT2D eigenvalue weighted by molar-refractivity contribution is 0.481. The number of benzene rings is 2. The van der Waals surface area contributed by atoms with Gasteiger partial charge in [-0.05, 0) is 71.0 Å². The lowest BCUT2D eigenvalue weighted by Gasteiger charge is -2.09. The van der Waals surface area contributed by atoms with Gasteiger partial charge in [0.05, 0.1) is 0 Å². The van der Waals surface area contributed by atoms with Crippen molar-refractivity contribution in [1.82, 2.24) is 0 Å². The maximum atomic E-state index is 5.79. The summed E-state index contributed by atoms with van der Waals surface area (Å²) in [7, 11) is 0. The number of ether oxygens (including phenoxy) is 1. The van der Waals surface area contributed by atoms with E-state index in [1.807, 2.05) is 49.4 Å². The minimum absolute atomic E-state index is 0.565. The van der Waals surface area contributed by atoms with Crippen LogP contribution in [0, 0.1) is 10.5 Å². The molecule has 0 unspecified atom stereocenters. The van der Waals surface area contributed by atoms with Crippen LogP contribution in [0.1, 0.15) is 11.1 Å². The summed E-state index contributed by atoms with van der Waals surface area (Å²) in [6, 6.07) is 14.0. The number of hydrogen-bond donors (Lipinski definition) is 1. The van der Waals surface area contributed by atoms with Crippen molar-refractivity contribution in [3.8, 4) is 11.5 Å². The highest BCUT2D eigenvalue weighted by Crippen LogP contribution is 2.24. The highest BCUT2D eigenvalue weighted by atomic mass is 127. The molecule has 17 heavy (non-hydrogen) atoms. The van der Waals surface area contributed by atoms with Crippen molar-refractivity contribution in [3.05, 3.63) is 57.2 Å². The molecule has 0 aliphatic heterocycles. The van der Waals surface area contributed by atoms with E-state index >= 15 is 0 Å². The van der Waals surface area contributed by atoms with Crippen molar-refractivity contribution in [2.45, 2.75) is 13.5 Å². The van der Waals surface area contributed by atoms with Crippen LogP contribution in [0.25, 0.3) is 0 Å². The lowest BCUT2D eigenvalue weighted by atomic mass is 10.1. The second kappa shape index (κ2) is 5.51. The van der Waals surface area contributed by atoms with Gasteiger partial charge >= 0.3 is 0 Å². The topological polar surface area (TPSA) is 35.2 Å². The Morgan fingerprint density at radius 1 is 1.12 bits per heavy atom. The van der Waals surface area contributed by atoms with Crippen LogP contribution in [0.3, 0.4) is 0 Å². The largest absolute Gasteiger partial charge is 0.457 e. The quantitative estimate of drug-likeness (QED) is 0.862. The summed E-state index contributed by atoms with van der Waals surface area (Å²) < 4.78 is 6.96. The molecule has 0 aliphatic carbocycles. The summed E-state index contributed by atoms with van der Waals surface area (Å²) >= 11 is 2.27. The monoisotopic (exact) mass is 339 g/mol. The van der Waals surface area contributed by atoms with Crippen molar-refractivity contribution < 1.29 is 4.74 Å². The molecule has 0 bridgehead atoms. The fourth-order valence-electron chi connectivity index (χ4n) is 1.63. The van der Waals surface area contributed by atoms with Crippen LogP contribution >= 0.6 is 22.6 Å². The molecule has 3 heteroatoms. The van der Waals surface area contributed by atoms with Crippen LogP contribution < -0.4 is 10.5 Å². The lowest BCUT2D eigenvalue weighted by Crippen LogP contribution is -1.98. The van der Waals surface area contributed by atoms with E-state index in [2.05, 4.69) is 22.6 Å². The van der Waals surface area contributed by atoms with Gasteiger partial charge in [-0.2, -0.15) is 0 Å². The smallest absolute Gasteiger partial charge is 0.128 e.